The van der Waals surface area contributed by atoms with E-state index in [0.29, 0.717) is 12.0 Å². The second-order valence-electron chi connectivity index (χ2n) is 7.69. The van der Waals surface area contributed by atoms with Gasteiger partial charge < -0.3 is 0 Å². The third-order valence-corrected chi connectivity index (χ3v) is 5.17. The lowest BCUT2D eigenvalue weighted by Crippen LogP contribution is -2.48. The van der Waals surface area contributed by atoms with E-state index in [-0.39, 0.29) is 24.1 Å². The first-order chi connectivity index (χ1) is 10.5. The van der Waals surface area contributed by atoms with Crippen LogP contribution in [-0.2, 0) is 5.41 Å². The molecular weight excluding hydrogens is 306 g/mol. The first kappa shape index (κ1) is 18.4. The number of nitrogens with one attached hydrogen (secondary N) is 1. The van der Waals surface area contributed by atoms with Gasteiger partial charge in [0.2, 0.25) is 0 Å². The van der Waals surface area contributed by atoms with E-state index in [9.17, 15) is 0 Å². The largest absolute Gasteiger partial charge is 0.283 e. The van der Waals surface area contributed by atoms with E-state index in [2.05, 4.69) is 73.4 Å². The number of rotatable bonds is 2. The van der Waals surface area contributed by atoms with Crippen LogP contribution in [0.3, 0.4) is 0 Å². The maximum Gasteiger partial charge on any atom is 0.155 e. The highest BCUT2D eigenvalue weighted by Gasteiger charge is 2.36. The van der Waals surface area contributed by atoms with Crippen molar-refractivity contribution in [1.82, 2.24) is 10.2 Å². The van der Waals surface area contributed by atoms with Crippen LogP contribution >= 0.6 is 12.4 Å². The van der Waals surface area contributed by atoms with Gasteiger partial charge in [-0.15, -0.1) is 12.4 Å². The number of aliphatic imine (C=N–C) groups is 1. The minimum atomic E-state index is 0. The maximum atomic E-state index is 4.63. The van der Waals surface area contributed by atoms with Gasteiger partial charge in [-0.3, -0.25) is 15.2 Å². The Morgan fingerprint density at radius 3 is 2.43 bits per heavy atom. The molecule has 0 aliphatic carbocycles. The van der Waals surface area contributed by atoms with Crippen LogP contribution in [0.4, 0.5) is 0 Å². The van der Waals surface area contributed by atoms with Crippen molar-refractivity contribution in [1.29, 1.82) is 0 Å². The minimum Gasteiger partial charge on any atom is -0.283 e. The highest BCUT2D eigenvalue weighted by atomic mass is 35.5. The highest BCUT2D eigenvalue weighted by Crippen LogP contribution is 2.35. The molecule has 3 nitrogen and oxygen atoms in total. The molecule has 0 aromatic heterocycles. The fourth-order valence-corrected chi connectivity index (χ4v) is 3.69. The maximum absolute atomic E-state index is 4.63. The third-order valence-electron chi connectivity index (χ3n) is 5.17. The van der Waals surface area contributed by atoms with Crippen LogP contribution in [0.1, 0.15) is 57.6 Å². The molecule has 3 rings (SSSR count). The summed E-state index contributed by atoms with van der Waals surface area (Å²) in [4.78, 5) is 7.14. The first-order valence-corrected chi connectivity index (χ1v) is 8.58. The summed E-state index contributed by atoms with van der Waals surface area (Å²) in [6.45, 7) is 11.3. The van der Waals surface area contributed by atoms with Gasteiger partial charge in [0.15, 0.2) is 6.29 Å². The van der Waals surface area contributed by atoms with Crippen molar-refractivity contribution in [2.24, 2.45) is 4.99 Å². The third kappa shape index (κ3) is 3.96. The van der Waals surface area contributed by atoms with Gasteiger partial charge in [-0.05, 0) is 36.3 Å². The second-order valence-corrected chi connectivity index (χ2v) is 7.69. The Balaban J connectivity index is 0.00000192. The van der Waals surface area contributed by atoms with E-state index < -0.39 is 0 Å². The molecule has 128 valence electrons. The van der Waals surface area contributed by atoms with E-state index in [1.54, 1.807) is 0 Å². The lowest BCUT2D eigenvalue weighted by atomic mass is 9.84. The minimum absolute atomic E-state index is 0. The summed E-state index contributed by atoms with van der Waals surface area (Å²) in [5.74, 6) is 0.618. The van der Waals surface area contributed by atoms with Gasteiger partial charge in [0.05, 0.1) is 0 Å². The van der Waals surface area contributed by atoms with Gasteiger partial charge in [-0.2, -0.15) is 0 Å². The Hall–Kier alpha value is -0.900. The van der Waals surface area contributed by atoms with Crippen LogP contribution in [0.25, 0.3) is 0 Å². The summed E-state index contributed by atoms with van der Waals surface area (Å²) in [5.41, 5.74) is 3.12. The van der Waals surface area contributed by atoms with Crippen LogP contribution in [-0.4, -0.2) is 36.5 Å². The van der Waals surface area contributed by atoms with Crippen molar-refractivity contribution in [3.8, 4) is 0 Å². The zero-order valence-corrected chi connectivity index (χ0v) is 15.6. The molecule has 1 aromatic rings. The van der Waals surface area contributed by atoms with Crippen LogP contribution in [0.15, 0.2) is 29.3 Å². The Labute approximate surface area is 147 Å². The van der Waals surface area contributed by atoms with Crippen molar-refractivity contribution in [3.63, 3.8) is 0 Å². The number of nitrogens with zero attached hydrogens (tertiary/aromatic N) is 2. The summed E-state index contributed by atoms with van der Waals surface area (Å²) >= 11 is 0. The summed E-state index contributed by atoms with van der Waals surface area (Å²) in [6, 6.07) is 9.82. The van der Waals surface area contributed by atoms with Crippen LogP contribution in [0.5, 0.6) is 0 Å². The normalized spacial score (nSPS) is 28.6. The topological polar surface area (TPSA) is 27.6 Å². The van der Waals surface area contributed by atoms with E-state index in [0.717, 1.165) is 19.5 Å². The first-order valence-electron chi connectivity index (χ1n) is 8.58. The van der Waals surface area contributed by atoms with Crippen molar-refractivity contribution >= 4 is 18.6 Å². The molecule has 0 bridgehead atoms. The average molecular weight is 336 g/mol. The van der Waals surface area contributed by atoms with Gasteiger partial charge in [-0.1, -0.05) is 45.0 Å². The fourth-order valence-electron chi connectivity index (χ4n) is 3.69. The van der Waals surface area contributed by atoms with Gasteiger partial charge in [0, 0.05) is 31.3 Å². The van der Waals surface area contributed by atoms with Gasteiger partial charge in [-0.25, -0.2) is 0 Å². The molecule has 2 aliphatic heterocycles. The molecule has 1 fully saturated rings. The molecule has 0 spiro atoms. The quantitative estimate of drug-likeness (QED) is 0.886. The molecule has 2 heterocycles. The molecule has 0 radical (unpaired) electrons. The van der Waals surface area contributed by atoms with Gasteiger partial charge in [0.1, 0.15) is 0 Å². The molecule has 0 amide bonds. The molecule has 23 heavy (non-hydrogen) atoms. The second kappa shape index (κ2) is 7.33. The SMILES string of the molecule is C[C@H]1C(c2ccc(C(C)(C)C)cc2)CCN1C1N=CCCN1.Cl. The lowest BCUT2D eigenvalue weighted by molar-refractivity contribution is 0.157. The number of hydrogen-bond donors (Lipinski definition) is 1. The molecular formula is C19H30ClN3. The van der Waals surface area contributed by atoms with Gasteiger partial charge >= 0.3 is 0 Å². The summed E-state index contributed by atoms with van der Waals surface area (Å²) < 4.78 is 0. The standard InChI is InChI=1S/C19H29N3.ClH/c1-14-17(10-13-22(14)18-20-11-5-12-21-18)15-6-8-16(9-7-15)19(2,3)4;/h6-9,11,14,17-18,21H,5,10,12-13H2,1-4H3;1H/t14-,17?,18?;/m0./s1. The molecule has 1 aromatic carbocycles. The van der Waals surface area contributed by atoms with Crippen LogP contribution in [0.2, 0.25) is 0 Å². The number of benzene rings is 1. The lowest BCUT2D eigenvalue weighted by Gasteiger charge is -2.32. The number of hydrogen-bond acceptors (Lipinski definition) is 3. The molecule has 2 unspecified atom stereocenters. The van der Waals surface area contributed by atoms with E-state index in [4.69, 9.17) is 0 Å². The van der Waals surface area contributed by atoms with Crippen molar-refractivity contribution < 1.29 is 0 Å². The van der Waals surface area contributed by atoms with Crippen molar-refractivity contribution in [2.45, 2.75) is 64.2 Å². The molecule has 4 heteroatoms. The molecule has 0 saturated carbocycles. The van der Waals surface area contributed by atoms with Crippen LogP contribution < -0.4 is 5.32 Å². The highest BCUT2D eigenvalue weighted by molar-refractivity contribution is 5.85. The molecule has 3 atom stereocenters. The van der Waals surface area contributed by atoms with E-state index in [1.807, 2.05) is 0 Å². The predicted octanol–water partition coefficient (Wildman–Crippen LogP) is 3.93. The Kier molecular flexibility index (Phi) is 5.88. The Morgan fingerprint density at radius 2 is 1.87 bits per heavy atom. The predicted molar refractivity (Wildman–Crippen MR) is 101 cm³/mol. The van der Waals surface area contributed by atoms with Crippen molar-refractivity contribution in [3.05, 3.63) is 35.4 Å². The summed E-state index contributed by atoms with van der Waals surface area (Å²) in [5, 5.41) is 3.52. The Bertz CT molecular complexity index is 533. The van der Waals surface area contributed by atoms with Crippen LogP contribution in [0, 0.1) is 0 Å². The number of likely N-dealkylation sites (tertiary alicyclic amines) is 1. The number of halogens is 1. The molecule has 1 saturated heterocycles. The summed E-state index contributed by atoms with van der Waals surface area (Å²) in [6.07, 6.45) is 4.53. The zero-order valence-electron chi connectivity index (χ0n) is 14.7. The van der Waals surface area contributed by atoms with Gasteiger partial charge in [0.25, 0.3) is 0 Å². The van der Waals surface area contributed by atoms with E-state index in [1.165, 1.54) is 17.5 Å². The Morgan fingerprint density at radius 1 is 1.17 bits per heavy atom. The fraction of sp³-hybridized carbons (Fsp3) is 0.632. The van der Waals surface area contributed by atoms with E-state index >= 15 is 0 Å². The monoisotopic (exact) mass is 335 g/mol. The molecule has 2 aliphatic rings. The summed E-state index contributed by atoms with van der Waals surface area (Å²) in [7, 11) is 0. The molecule has 1 N–H and O–H groups in total. The smallest absolute Gasteiger partial charge is 0.155 e. The average Bonchev–Trinajstić information content (AvgIpc) is 2.89. The van der Waals surface area contributed by atoms with Crippen molar-refractivity contribution in [2.75, 3.05) is 13.1 Å². The zero-order chi connectivity index (χ0) is 15.7.